The van der Waals surface area contributed by atoms with Gasteiger partial charge in [-0.25, -0.2) is 4.98 Å². The Hall–Kier alpha value is -1.84. The molecule has 2 rings (SSSR count). The third kappa shape index (κ3) is 1.26. The highest BCUT2D eigenvalue weighted by Gasteiger charge is 1.99. The van der Waals surface area contributed by atoms with Crippen LogP contribution in [0.1, 0.15) is 0 Å². The van der Waals surface area contributed by atoms with Gasteiger partial charge in [-0.15, -0.1) is 0 Å². The summed E-state index contributed by atoms with van der Waals surface area (Å²) in [5.74, 6) is 0.490. The summed E-state index contributed by atoms with van der Waals surface area (Å²) in [6.45, 7) is 0. The van der Waals surface area contributed by atoms with E-state index in [4.69, 9.17) is 0 Å². The fourth-order valence-corrected chi connectivity index (χ4v) is 1.20. The largest absolute Gasteiger partial charge is 0.359 e. The van der Waals surface area contributed by atoms with Crippen molar-refractivity contribution in [2.75, 3.05) is 12.4 Å². The van der Waals surface area contributed by atoms with E-state index in [1.54, 1.807) is 13.1 Å². The molecule has 66 valence electrons. The van der Waals surface area contributed by atoms with E-state index in [9.17, 15) is 4.79 Å². The molecule has 0 spiro atoms. The van der Waals surface area contributed by atoms with Crippen LogP contribution < -0.4 is 10.9 Å². The van der Waals surface area contributed by atoms with Crippen LogP contribution in [0.25, 0.3) is 10.9 Å². The molecule has 0 saturated heterocycles. The van der Waals surface area contributed by atoms with Crippen molar-refractivity contribution in [3.63, 3.8) is 0 Å². The topological polar surface area (TPSA) is 57.8 Å². The third-order valence-corrected chi connectivity index (χ3v) is 1.85. The van der Waals surface area contributed by atoms with Gasteiger partial charge >= 0.3 is 0 Å². The first-order valence-corrected chi connectivity index (χ1v) is 3.98. The number of anilines is 1. The standard InChI is InChI=1S/C9H9N3O/c1-10-9-11-7-5-3-2-4-6(7)8(13)12-9/h2-5H,1H3,(H2,10,11,12,13). The van der Waals surface area contributed by atoms with Gasteiger partial charge in [-0.2, -0.15) is 0 Å². The van der Waals surface area contributed by atoms with E-state index in [2.05, 4.69) is 15.3 Å². The van der Waals surface area contributed by atoms with Crippen LogP contribution in [0.2, 0.25) is 0 Å². The Morgan fingerprint density at radius 3 is 2.92 bits per heavy atom. The molecule has 0 aliphatic rings. The van der Waals surface area contributed by atoms with Crippen molar-refractivity contribution in [1.82, 2.24) is 9.97 Å². The maximum atomic E-state index is 11.4. The average Bonchev–Trinajstić information content (AvgIpc) is 2.18. The van der Waals surface area contributed by atoms with Gasteiger partial charge < -0.3 is 5.32 Å². The Morgan fingerprint density at radius 2 is 2.15 bits per heavy atom. The fourth-order valence-electron chi connectivity index (χ4n) is 1.20. The Bertz CT molecular complexity index is 489. The minimum atomic E-state index is -0.116. The highest BCUT2D eigenvalue weighted by atomic mass is 16.1. The number of benzene rings is 1. The van der Waals surface area contributed by atoms with Crippen LogP contribution in [0.4, 0.5) is 5.95 Å². The molecular weight excluding hydrogens is 166 g/mol. The molecule has 0 saturated carbocycles. The molecule has 0 aliphatic heterocycles. The number of aromatic amines is 1. The van der Waals surface area contributed by atoms with Crippen LogP contribution in [0.3, 0.4) is 0 Å². The third-order valence-electron chi connectivity index (χ3n) is 1.85. The molecule has 0 bridgehead atoms. The highest BCUT2D eigenvalue weighted by molar-refractivity contribution is 5.78. The average molecular weight is 175 g/mol. The van der Waals surface area contributed by atoms with E-state index in [1.165, 1.54) is 0 Å². The van der Waals surface area contributed by atoms with Gasteiger partial charge in [-0.05, 0) is 12.1 Å². The van der Waals surface area contributed by atoms with Crippen LogP contribution in [-0.4, -0.2) is 17.0 Å². The van der Waals surface area contributed by atoms with E-state index >= 15 is 0 Å². The second kappa shape index (κ2) is 2.90. The quantitative estimate of drug-likeness (QED) is 0.678. The molecule has 0 atom stereocenters. The van der Waals surface area contributed by atoms with Gasteiger partial charge in [0.05, 0.1) is 10.9 Å². The van der Waals surface area contributed by atoms with Gasteiger partial charge in [-0.1, -0.05) is 12.1 Å². The van der Waals surface area contributed by atoms with Crippen molar-refractivity contribution < 1.29 is 0 Å². The molecule has 0 unspecified atom stereocenters. The Morgan fingerprint density at radius 1 is 1.38 bits per heavy atom. The fraction of sp³-hybridized carbons (Fsp3) is 0.111. The van der Waals surface area contributed by atoms with Crippen LogP contribution in [0, 0.1) is 0 Å². The Labute approximate surface area is 74.6 Å². The van der Waals surface area contributed by atoms with E-state index < -0.39 is 0 Å². The number of hydrogen-bond acceptors (Lipinski definition) is 3. The van der Waals surface area contributed by atoms with Gasteiger partial charge in [0.1, 0.15) is 0 Å². The van der Waals surface area contributed by atoms with E-state index in [0.717, 1.165) is 0 Å². The van der Waals surface area contributed by atoms with Crippen molar-refractivity contribution >= 4 is 16.9 Å². The summed E-state index contributed by atoms with van der Waals surface area (Å²) in [6, 6.07) is 7.23. The zero-order chi connectivity index (χ0) is 9.26. The molecular formula is C9H9N3O. The molecule has 0 radical (unpaired) electrons. The summed E-state index contributed by atoms with van der Waals surface area (Å²) in [5.41, 5.74) is 0.588. The van der Waals surface area contributed by atoms with Gasteiger partial charge in [0, 0.05) is 7.05 Å². The Balaban J connectivity index is 2.85. The number of rotatable bonds is 1. The number of para-hydroxylation sites is 1. The van der Waals surface area contributed by atoms with Crippen molar-refractivity contribution in [1.29, 1.82) is 0 Å². The molecule has 1 aromatic heterocycles. The predicted octanol–water partition coefficient (Wildman–Crippen LogP) is 0.965. The van der Waals surface area contributed by atoms with Crippen molar-refractivity contribution in [2.45, 2.75) is 0 Å². The summed E-state index contributed by atoms with van der Waals surface area (Å²) in [5, 5.41) is 3.41. The van der Waals surface area contributed by atoms with E-state index in [0.29, 0.717) is 16.9 Å². The maximum Gasteiger partial charge on any atom is 0.260 e. The van der Waals surface area contributed by atoms with Crippen molar-refractivity contribution in [3.8, 4) is 0 Å². The molecule has 1 aromatic carbocycles. The zero-order valence-corrected chi connectivity index (χ0v) is 7.16. The van der Waals surface area contributed by atoms with Gasteiger partial charge in [0.2, 0.25) is 5.95 Å². The molecule has 0 fully saturated rings. The molecule has 0 amide bonds. The molecule has 1 heterocycles. The molecule has 2 aromatic rings. The predicted molar refractivity (Wildman–Crippen MR) is 51.9 cm³/mol. The van der Waals surface area contributed by atoms with Crippen LogP contribution >= 0.6 is 0 Å². The lowest BCUT2D eigenvalue weighted by molar-refractivity contribution is 1.15. The van der Waals surface area contributed by atoms with Gasteiger partial charge in [0.15, 0.2) is 0 Å². The summed E-state index contributed by atoms with van der Waals surface area (Å²) < 4.78 is 0. The lowest BCUT2D eigenvalue weighted by Gasteiger charge is -2.00. The number of nitrogens with one attached hydrogen (secondary N) is 2. The van der Waals surface area contributed by atoms with E-state index in [1.807, 2.05) is 18.2 Å². The molecule has 4 nitrogen and oxygen atoms in total. The van der Waals surface area contributed by atoms with Gasteiger partial charge in [-0.3, -0.25) is 9.78 Å². The minimum absolute atomic E-state index is 0.116. The summed E-state index contributed by atoms with van der Waals surface area (Å²) in [4.78, 5) is 18.2. The summed E-state index contributed by atoms with van der Waals surface area (Å²) >= 11 is 0. The summed E-state index contributed by atoms with van der Waals surface area (Å²) in [6.07, 6.45) is 0. The maximum absolute atomic E-state index is 11.4. The number of H-pyrrole nitrogens is 1. The highest BCUT2D eigenvalue weighted by Crippen LogP contribution is 2.06. The number of nitrogens with zero attached hydrogens (tertiary/aromatic N) is 1. The monoisotopic (exact) mass is 175 g/mol. The Kier molecular flexibility index (Phi) is 1.73. The first-order chi connectivity index (χ1) is 6.31. The lowest BCUT2D eigenvalue weighted by Crippen LogP contribution is -2.10. The second-order valence-corrected chi connectivity index (χ2v) is 2.68. The smallest absolute Gasteiger partial charge is 0.260 e. The first-order valence-electron chi connectivity index (χ1n) is 3.98. The van der Waals surface area contributed by atoms with Crippen LogP contribution in [0.15, 0.2) is 29.1 Å². The number of aromatic nitrogens is 2. The molecule has 13 heavy (non-hydrogen) atoms. The van der Waals surface area contributed by atoms with Crippen LogP contribution in [-0.2, 0) is 0 Å². The normalized spacial score (nSPS) is 10.2. The van der Waals surface area contributed by atoms with Crippen molar-refractivity contribution in [2.24, 2.45) is 0 Å². The van der Waals surface area contributed by atoms with E-state index in [-0.39, 0.29) is 5.56 Å². The summed E-state index contributed by atoms with van der Waals surface area (Å²) in [7, 11) is 1.72. The lowest BCUT2D eigenvalue weighted by atomic mass is 10.2. The SMILES string of the molecule is CNc1nc2ccccc2c(=O)[nH]1. The molecule has 2 N–H and O–H groups in total. The molecule has 0 aliphatic carbocycles. The van der Waals surface area contributed by atoms with Gasteiger partial charge in [0.25, 0.3) is 5.56 Å². The second-order valence-electron chi connectivity index (χ2n) is 2.68. The zero-order valence-electron chi connectivity index (χ0n) is 7.16. The molecule has 4 heteroatoms. The first kappa shape index (κ1) is 7.79. The number of hydrogen-bond donors (Lipinski definition) is 2. The minimum Gasteiger partial charge on any atom is -0.359 e. The van der Waals surface area contributed by atoms with Crippen molar-refractivity contribution in [3.05, 3.63) is 34.6 Å². The number of fused-ring (bicyclic) bond motifs is 1. The van der Waals surface area contributed by atoms with Crippen LogP contribution in [0.5, 0.6) is 0 Å².